The Kier molecular flexibility index (Phi) is 10.5. The third kappa shape index (κ3) is 7.11. The summed E-state index contributed by atoms with van der Waals surface area (Å²) in [6.45, 7) is 6.60. The maximum atomic E-state index is 5.67. The van der Waals surface area contributed by atoms with Gasteiger partial charge in [-0.25, -0.2) is 0 Å². The molecule has 0 bridgehead atoms. The van der Waals surface area contributed by atoms with Crippen LogP contribution in [-0.2, 0) is 13.0 Å². The number of ether oxygens (including phenoxy) is 2. The molecule has 1 heterocycles. The zero-order valence-electron chi connectivity index (χ0n) is 15.5. The maximum Gasteiger partial charge on any atom is 0.191 e. The van der Waals surface area contributed by atoms with Gasteiger partial charge in [-0.05, 0) is 44.0 Å². The predicted molar refractivity (Wildman–Crippen MR) is 115 cm³/mol. The van der Waals surface area contributed by atoms with E-state index in [0.29, 0.717) is 19.8 Å². The molecular weight excluding hydrogens is 445 g/mol. The highest BCUT2D eigenvalue weighted by Gasteiger charge is 2.06. The van der Waals surface area contributed by atoms with E-state index in [2.05, 4.69) is 31.9 Å². The van der Waals surface area contributed by atoms with Gasteiger partial charge in [-0.15, -0.1) is 24.0 Å². The molecule has 0 fully saturated rings. The van der Waals surface area contributed by atoms with Crippen LogP contribution in [0, 0.1) is 0 Å². The summed E-state index contributed by atoms with van der Waals surface area (Å²) < 4.78 is 11.3. The summed E-state index contributed by atoms with van der Waals surface area (Å²) in [7, 11) is 1.76. The summed E-state index contributed by atoms with van der Waals surface area (Å²) in [6, 6.07) is 8.00. The fourth-order valence-electron chi connectivity index (χ4n) is 2.36. The van der Waals surface area contributed by atoms with Crippen molar-refractivity contribution in [3.8, 4) is 11.5 Å². The molecule has 0 atom stereocenters. The minimum absolute atomic E-state index is 0. The van der Waals surface area contributed by atoms with Crippen LogP contribution in [0.25, 0.3) is 0 Å². The Morgan fingerprint density at radius 1 is 1.12 bits per heavy atom. The second kappa shape index (κ2) is 12.4. The van der Waals surface area contributed by atoms with E-state index in [9.17, 15) is 0 Å². The molecule has 0 aliphatic heterocycles. The highest BCUT2D eigenvalue weighted by atomic mass is 127. The van der Waals surface area contributed by atoms with E-state index in [4.69, 9.17) is 9.47 Å². The normalized spacial score (nSPS) is 10.8. The van der Waals surface area contributed by atoms with Crippen molar-refractivity contribution in [2.45, 2.75) is 26.8 Å². The molecule has 0 saturated carbocycles. The van der Waals surface area contributed by atoms with Crippen molar-refractivity contribution in [2.24, 2.45) is 4.99 Å². The van der Waals surface area contributed by atoms with Gasteiger partial charge in [0, 0.05) is 19.8 Å². The Morgan fingerprint density at radius 2 is 1.88 bits per heavy atom. The number of benzene rings is 1. The van der Waals surface area contributed by atoms with Crippen LogP contribution in [0.4, 0.5) is 0 Å². The number of H-pyrrole nitrogens is 1. The highest BCUT2D eigenvalue weighted by Crippen LogP contribution is 2.28. The maximum absolute atomic E-state index is 5.67. The Morgan fingerprint density at radius 3 is 2.54 bits per heavy atom. The first-order chi connectivity index (χ1) is 12.3. The lowest BCUT2D eigenvalue weighted by molar-refractivity contribution is 0.287. The van der Waals surface area contributed by atoms with E-state index in [1.807, 2.05) is 32.0 Å². The molecule has 0 spiro atoms. The molecule has 0 radical (unpaired) electrons. The molecule has 26 heavy (non-hydrogen) atoms. The first kappa shape index (κ1) is 22.1. The molecular formula is C18H28IN5O2. The molecule has 8 heteroatoms. The average Bonchev–Trinajstić information content (AvgIpc) is 3.14. The van der Waals surface area contributed by atoms with Crippen molar-refractivity contribution in [2.75, 3.05) is 26.8 Å². The number of halogens is 1. The largest absolute Gasteiger partial charge is 0.490 e. The molecule has 0 amide bonds. The molecule has 0 aliphatic rings. The molecule has 144 valence electrons. The SMILES string of the molecule is CCOc1ccc(CCNC(=NC)NCc2ccn[nH]2)cc1OCC.I. The van der Waals surface area contributed by atoms with Crippen LogP contribution in [0.2, 0.25) is 0 Å². The van der Waals surface area contributed by atoms with Gasteiger partial charge in [-0.2, -0.15) is 5.10 Å². The van der Waals surface area contributed by atoms with E-state index < -0.39 is 0 Å². The zero-order valence-corrected chi connectivity index (χ0v) is 17.9. The number of aromatic nitrogens is 2. The molecule has 2 aromatic rings. The van der Waals surface area contributed by atoms with Crippen LogP contribution >= 0.6 is 24.0 Å². The third-order valence-corrected chi connectivity index (χ3v) is 3.54. The van der Waals surface area contributed by atoms with Crippen LogP contribution in [0.3, 0.4) is 0 Å². The number of rotatable bonds is 9. The van der Waals surface area contributed by atoms with Gasteiger partial charge in [0.2, 0.25) is 0 Å². The highest BCUT2D eigenvalue weighted by molar-refractivity contribution is 14.0. The fourth-order valence-corrected chi connectivity index (χ4v) is 2.36. The van der Waals surface area contributed by atoms with E-state index >= 15 is 0 Å². The van der Waals surface area contributed by atoms with Crippen molar-refractivity contribution in [3.05, 3.63) is 41.7 Å². The van der Waals surface area contributed by atoms with Crippen molar-refractivity contribution >= 4 is 29.9 Å². The summed E-state index contributed by atoms with van der Waals surface area (Å²) in [5.41, 5.74) is 2.19. The second-order valence-electron chi connectivity index (χ2n) is 5.33. The number of guanidine groups is 1. The fraction of sp³-hybridized carbons (Fsp3) is 0.444. The summed E-state index contributed by atoms with van der Waals surface area (Å²) >= 11 is 0. The van der Waals surface area contributed by atoms with Gasteiger partial charge in [0.1, 0.15) is 0 Å². The predicted octanol–water partition coefficient (Wildman–Crippen LogP) is 2.73. The van der Waals surface area contributed by atoms with Crippen LogP contribution in [-0.4, -0.2) is 43.0 Å². The second-order valence-corrected chi connectivity index (χ2v) is 5.33. The van der Waals surface area contributed by atoms with E-state index in [1.165, 1.54) is 5.56 Å². The smallest absolute Gasteiger partial charge is 0.191 e. The minimum Gasteiger partial charge on any atom is -0.490 e. The summed E-state index contributed by atoms with van der Waals surface area (Å²) in [5, 5.41) is 13.4. The van der Waals surface area contributed by atoms with Gasteiger partial charge in [0.15, 0.2) is 17.5 Å². The summed E-state index contributed by atoms with van der Waals surface area (Å²) in [4.78, 5) is 4.22. The van der Waals surface area contributed by atoms with Gasteiger partial charge in [0.05, 0.1) is 25.5 Å². The van der Waals surface area contributed by atoms with Crippen molar-refractivity contribution in [3.63, 3.8) is 0 Å². The zero-order chi connectivity index (χ0) is 17.9. The van der Waals surface area contributed by atoms with Gasteiger partial charge < -0.3 is 20.1 Å². The Balaban J connectivity index is 0.00000338. The van der Waals surface area contributed by atoms with Crippen LogP contribution in [0.1, 0.15) is 25.1 Å². The van der Waals surface area contributed by atoms with Gasteiger partial charge in [-0.3, -0.25) is 10.1 Å². The Hall–Kier alpha value is -1.97. The Labute approximate surface area is 172 Å². The van der Waals surface area contributed by atoms with E-state index in [-0.39, 0.29) is 24.0 Å². The lowest BCUT2D eigenvalue weighted by Crippen LogP contribution is -2.37. The number of nitrogens with zero attached hydrogens (tertiary/aromatic N) is 2. The molecule has 0 saturated heterocycles. The number of hydrogen-bond donors (Lipinski definition) is 3. The number of aromatic amines is 1. The van der Waals surface area contributed by atoms with Crippen molar-refractivity contribution in [1.29, 1.82) is 0 Å². The molecule has 3 N–H and O–H groups in total. The lowest BCUT2D eigenvalue weighted by atomic mass is 10.1. The standard InChI is InChI=1S/C18H27N5O2.HI/c1-4-24-16-7-6-14(12-17(16)25-5-2)8-10-20-18(19-3)21-13-15-9-11-22-23-15;/h6-7,9,11-12H,4-5,8,10,13H2,1-3H3,(H,22,23)(H2,19,20,21);1H. The van der Waals surface area contributed by atoms with Crippen LogP contribution < -0.4 is 20.1 Å². The van der Waals surface area contributed by atoms with Crippen molar-refractivity contribution < 1.29 is 9.47 Å². The quantitative estimate of drug-likeness (QED) is 0.297. The summed E-state index contributed by atoms with van der Waals surface area (Å²) in [5.74, 6) is 2.34. The van der Waals surface area contributed by atoms with Crippen LogP contribution in [0.5, 0.6) is 11.5 Å². The molecule has 7 nitrogen and oxygen atoms in total. The first-order valence-electron chi connectivity index (χ1n) is 8.58. The number of nitrogens with one attached hydrogen (secondary N) is 3. The molecule has 0 unspecified atom stereocenters. The van der Waals surface area contributed by atoms with E-state index in [0.717, 1.165) is 36.1 Å². The number of hydrogen-bond acceptors (Lipinski definition) is 4. The monoisotopic (exact) mass is 473 g/mol. The summed E-state index contributed by atoms with van der Waals surface area (Å²) in [6.07, 6.45) is 2.59. The Bertz CT molecular complexity index is 662. The van der Waals surface area contributed by atoms with Gasteiger partial charge in [0.25, 0.3) is 0 Å². The minimum atomic E-state index is 0. The third-order valence-electron chi connectivity index (χ3n) is 3.54. The topological polar surface area (TPSA) is 83.6 Å². The van der Waals surface area contributed by atoms with Gasteiger partial charge >= 0.3 is 0 Å². The molecule has 0 aliphatic carbocycles. The van der Waals surface area contributed by atoms with Crippen LogP contribution in [0.15, 0.2) is 35.5 Å². The molecule has 2 rings (SSSR count). The average molecular weight is 473 g/mol. The van der Waals surface area contributed by atoms with Crippen molar-refractivity contribution in [1.82, 2.24) is 20.8 Å². The first-order valence-corrected chi connectivity index (χ1v) is 8.58. The van der Waals surface area contributed by atoms with E-state index in [1.54, 1.807) is 13.2 Å². The molecule has 1 aromatic heterocycles. The number of aliphatic imine (C=N–C) groups is 1. The van der Waals surface area contributed by atoms with Gasteiger partial charge in [-0.1, -0.05) is 6.07 Å². The molecule has 1 aromatic carbocycles. The lowest BCUT2D eigenvalue weighted by Gasteiger charge is -2.14.